The number of β-lactam (4-membered cyclic amide) rings is 1. The molecule has 3 atom stereocenters. The molecule has 2 amide bonds. The van der Waals surface area contributed by atoms with Gasteiger partial charge in [-0.2, -0.15) is 0 Å². The van der Waals surface area contributed by atoms with Gasteiger partial charge in [-0.25, -0.2) is 14.6 Å². The van der Waals surface area contributed by atoms with Gasteiger partial charge in [0.2, 0.25) is 6.10 Å². The van der Waals surface area contributed by atoms with Crippen LogP contribution in [0.25, 0.3) is 17.3 Å². The van der Waals surface area contributed by atoms with Gasteiger partial charge in [0, 0.05) is 32.8 Å². The number of benzene rings is 1. The molecule has 2 aliphatic rings. The van der Waals surface area contributed by atoms with Crippen LogP contribution in [-0.2, 0) is 24.0 Å². The molecule has 5 N–H and O–H groups in total. The zero-order valence-corrected chi connectivity index (χ0v) is 32.1. The number of carboxylic acids is 2. The number of anilines is 1. The fraction of sp³-hybridized carbons (Fsp3) is 0.192. The van der Waals surface area contributed by atoms with E-state index in [4.69, 9.17) is 43.4 Å². The quantitative estimate of drug-likeness (QED) is 0.0659. The zero-order valence-electron chi connectivity index (χ0n) is 24.9. The third-order valence-electron chi connectivity index (χ3n) is 6.50. The van der Waals surface area contributed by atoms with Crippen LogP contribution in [0.4, 0.5) is 5.13 Å². The van der Waals surface area contributed by atoms with Crippen LogP contribution >= 0.6 is 46.3 Å². The number of allylic oxidation sites excluding steroid dienone is 1. The van der Waals surface area contributed by atoms with Crippen molar-refractivity contribution in [3.8, 4) is 22.8 Å². The molecular formula is C26H18Cl2N6Na2O10S2. The van der Waals surface area contributed by atoms with E-state index in [0.29, 0.717) is 0 Å². The van der Waals surface area contributed by atoms with Gasteiger partial charge in [0.15, 0.2) is 16.6 Å². The fourth-order valence-corrected chi connectivity index (χ4v) is 6.51. The van der Waals surface area contributed by atoms with Gasteiger partial charge in [0.25, 0.3) is 11.8 Å². The maximum absolute atomic E-state index is 13.2. The number of hydrogen-bond acceptors (Lipinski definition) is 14. The van der Waals surface area contributed by atoms with Crippen molar-refractivity contribution in [2.75, 3.05) is 11.5 Å². The standard InChI is InChI=1S/C26H20Cl2N6O10S2.2Na/c1-8(24(39)40)43-33-16(14-7-46-26(29)30-14)21(37)31-17-22(38)34-18(25(41)42)9(6-45-23(17)34)2-3-10-4-13(32-44-10)11-5-12(27)19(35)20(36)15(11)28;;/h2-5,7-8,17,23,35-36H,6H2,1H3,(H2,29,30)(H,31,37)(H,39,40)(H,41,42);;/q;2*+1/p-2/b3-2+,33-16+;;/t8?,17-,23-;;/m1../s1. The number of oxime groups is 1. The van der Waals surface area contributed by atoms with Crippen LogP contribution in [0, 0.1) is 0 Å². The molecule has 0 bridgehead atoms. The Bertz CT molecular complexity index is 1880. The molecule has 3 aromatic rings. The van der Waals surface area contributed by atoms with E-state index < -0.39 is 63.5 Å². The van der Waals surface area contributed by atoms with Crippen LogP contribution in [0.2, 0.25) is 10.0 Å². The van der Waals surface area contributed by atoms with Crippen LogP contribution in [0.15, 0.2) is 44.5 Å². The number of thiazole rings is 1. The molecule has 1 unspecified atom stereocenters. The van der Waals surface area contributed by atoms with Crippen molar-refractivity contribution in [1.29, 1.82) is 0 Å². The van der Waals surface area contributed by atoms with Gasteiger partial charge in [-0.05, 0) is 24.6 Å². The molecule has 240 valence electrons. The molecule has 1 aromatic carbocycles. The number of nitrogen functional groups attached to an aromatic ring is 1. The van der Waals surface area contributed by atoms with E-state index in [2.05, 4.69) is 20.6 Å². The Kier molecular flexibility index (Phi) is 13.5. The van der Waals surface area contributed by atoms with Gasteiger partial charge < -0.3 is 40.8 Å². The van der Waals surface area contributed by atoms with E-state index in [0.717, 1.165) is 16.2 Å². The number of halogens is 2. The Morgan fingerprint density at radius 1 is 1.23 bits per heavy atom. The summed E-state index contributed by atoms with van der Waals surface area (Å²) in [6.45, 7) is 1.19. The molecule has 0 spiro atoms. The predicted molar refractivity (Wildman–Crippen MR) is 161 cm³/mol. The summed E-state index contributed by atoms with van der Waals surface area (Å²) in [5.74, 6) is -6.12. The summed E-state index contributed by atoms with van der Waals surface area (Å²) in [4.78, 5) is 59.6. The van der Waals surface area contributed by atoms with Gasteiger partial charge >= 0.3 is 71.1 Å². The van der Waals surface area contributed by atoms with Crippen LogP contribution in [-0.4, -0.2) is 78.0 Å². The van der Waals surface area contributed by atoms with Gasteiger partial charge in [0.1, 0.15) is 28.5 Å². The third-order valence-corrected chi connectivity index (χ3v) is 9.13. The van der Waals surface area contributed by atoms with E-state index in [1.807, 2.05) is 0 Å². The second kappa shape index (κ2) is 16.3. The Labute approximate surface area is 332 Å². The zero-order chi connectivity index (χ0) is 33.4. The summed E-state index contributed by atoms with van der Waals surface area (Å²) in [5.41, 5.74) is 5.26. The van der Waals surface area contributed by atoms with Gasteiger partial charge in [-0.15, -0.1) is 23.1 Å². The molecule has 48 heavy (non-hydrogen) atoms. The number of fused-ring (bicyclic) bond motifs is 1. The van der Waals surface area contributed by atoms with Crippen molar-refractivity contribution in [1.82, 2.24) is 20.4 Å². The van der Waals surface area contributed by atoms with Gasteiger partial charge in [-0.3, -0.25) is 14.5 Å². The van der Waals surface area contributed by atoms with E-state index >= 15 is 0 Å². The second-order valence-corrected chi connectivity index (χ2v) is 12.2. The number of hydrogen-bond donors (Lipinski definition) is 4. The largest absolute Gasteiger partial charge is 1.00 e. The first-order valence-electron chi connectivity index (χ1n) is 12.7. The maximum Gasteiger partial charge on any atom is 1.00 e. The monoisotopic (exact) mass is 754 g/mol. The van der Waals surface area contributed by atoms with E-state index in [1.54, 1.807) is 0 Å². The number of thioether (sulfide) groups is 1. The number of carbonyl (C=O) groups is 4. The minimum Gasteiger partial charge on any atom is -0.872 e. The molecule has 1 saturated heterocycles. The molecule has 5 rings (SSSR count). The first kappa shape index (κ1) is 39.7. The van der Waals surface area contributed by atoms with E-state index in [1.165, 1.54) is 48.4 Å². The molecule has 0 aliphatic carbocycles. The van der Waals surface area contributed by atoms with Crippen molar-refractivity contribution >= 4 is 87.0 Å². The number of nitrogens with two attached hydrogens (primary N) is 1. The number of carboxylic acid groups (broad SMARTS) is 2. The minimum atomic E-state index is -1.40. The summed E-state index contributed by atoms with van der Waals surface area (Å²) >= 11 is 14.0. The summed E-state index contributed by atoms with van der Waals surface area (Å²) < 4.78 is 5.23. The molecule has 22 heteroatoms. The smallest absolute Gasteiger partial charge is 0.872 e. The molecule has 2 aromatic heterocycles. The second-order valence-electron chi connectivity index (χ2n) is 9.46. The fourth-order valence-electron chi connectivity index (χ4n) is 4.21. The van der Waals surface area contributed by atoms with Crippen LogP contribution in [0.1, 0.15) is 18.4 Å². The first-order chi connectivity index (χ1) is 21.8. The molecule has 1 fully saturated rings. The van der Waals surface area contributed by atoms with Crippen LogP contribution in [0.5, 0.6) is 11.5 Å². The Hall–Kier alpha value is -2.78. The predicted octanol–water partition coefficient (Wildman–Crippen LogP) is -4.51. The number of amides is 2. The van der Waals surface area contributed by atoms with Crippen molar-refractivity contribution in [2.24, 2.45) is 5.16 Å². The average molecular weight is 755 g/mol. The molecule has 16 nitrogen and oxygen atoms in total. The van der Waals surface area contributed by atoms with E-state index in [-0.39, 0.29) is 109 Å². The normalized spacial score (nSPS) is 17.9. The SMILES string of the molecule is CC(O/N=C(/C(=O)N[C@@H]1C(=O)N2C(C(=O)O)=C(/C=C/c3cc(-c4cc(Cl)c([O-])c([O-])c4Cl)no3)CS[C@H]12)c1csc(N)n1)C(=O)O.[Na+].[Na+]. The topological polar surface area (TPSA) is 257 Å². The number of rotatable bonds is 10. The Morgan fingerprint density at radius 3 is 2.56 bits per heavy atom. The molecule has 0 saturated carbocycles. The molecule has 4 heterocycles. The van der Waals surface area contributed by atoms with Crippen LogP contribution < -0.4 is 80.4 Å². The maximum atomic E-state index is 13.2. The Balaban J connectivity index is 0.00000312. The molecule has 0 radical (unpaired) electrons. The van der Waals surface area contributed by atoms with Crippen molar-refractivity contribution in [3.63, 3.8) is 0 Å². The van der Waals surface area contributed by atoms with Crippen molar-refractivity contribution < 1.29 is 108 Å². The number of aromatic nitrogens is 2. The van der Waals surface area contributed by atoms with Crippen molar-refractivity contribution in [2.45, 2.75) is 24.4 Å². The van der Waals surface area contributed by atoms with Crippen LogP contribution in [0.3, 0.4) is 0 Å². The van der Waals surface area contributed by atoms with E-state index in [9.17, 15) is 34.5 Å². The first-order valence-corrected chi connectivity index (χ1v) is 15.4. The summed E-state index contributed by atoms with van der Waals surface area (Å²) in [5, 5.41) is 52.7. The third kappa shape index (κ3) is 7.99. The van der Waals surface area contributed by atoms with Crippen molar-refractivity contribution in [3.05, 3.63) is 56.4 Å². The Morgan fingerprint density at radius 2 is 1.94 bits per heavy atom. The average Bonchev–Trinajstić information content (AvgIpc) is 3.67. The minimum absolute atomic E-state index is 0. The van der Waals surface area contributed by atoms with Gasteiger partial charge in [0.05, 0.1) is 0 Å². The number of carbonyl (C=O) groups excluding carboxylic acids is 2. The summed E-state index contributed by atoms with van der Waals surface area (Å²) in [7, 11) is 0. The summed E-state index contributed by atoms with van der Waals surface area (Å²) in [6, 6.07) is 1.40. The summed E-state index contributed by atoms with van der Waals surface area (Å²) in [6.07, 6.45) is 1.39. The molecular weight excluding hydrogens is 737 g/mol. The number of aliphatic carboxylic acids is 2. The molecule has 2 aliphatic heterocycles. The number of nitrogens with zero attached hydrogens (tertiary/aromatic N) is 4. The van der Waals surface area contributed by atoms with Gasteiger partial charge in [-0.1, -0.05) is 51.1 Å². The number of nitrogens with one attached hydrogen (secondary N) is 1.